The molecule has 0 aliphatic carbocycles. The molecule has 0 heterocycles. The molecule has 0 amide bonds. The summed E-state index contributed by atoms with van der Waals surface area (Å²) in [6.45, 7) is 11.0. The van der Waals surface area contributed by atoms with E-state index < -0.39 is 0 Å². The van der Waals surface area contributed by atoms with E-state index in [-0.39, 0.29) is 62.3 Å². The van der Waals surface area contributed by atoms with Gasteiger partial charge in [0.1, 0.15) is 0 Å². The molecule has 0 saturated heterocycles. The maximum absolute atomic E-state index is 9.01. The topological polar surface area (TPSA) is 20.2 Å². The van der Waals surface area contributed by atoms with Crippen molar-refractivity contribution in [2.24, 2.45) is 0 Å². The SMILES string of the molecule is Cc1c(C)c(C)[c-](C)c1C.Oc1c(Cl)cc(Cl)cc1Cl.[Cl-].[Cl-].[Ti+3]. The first kappa shape index (κ1) is 28.3. The van der Waals surface area contributed by atoms with Crippen molar-refractivity contribution >= 4 is 34.8 Å². The smallest absolute Gasteiger partial charge is 1.00 e. The maximum Gasteiger partial charge on any atom is 3.00 e. The van der Waals surface area contributed by atoms with E-state index in [1.807, 2.05) is 0 Å². The summed E-state index contributed by atoms with van der Waals surface area (Å²) in [7, 11) is 0. The molecule has 0 aromatic heterocycles. The van der Waals surface area contributed by atoms with Crippen molar-refractivity contribution in [3.8, 4) is 5.75 Å². The van der Waals surface area contributed by atoms with Gasteiger partial charge in [0.25, 0.3) is 0 Å². The largest absolute Gasteiger partial charge is 3.00 e. The van der Waals surface area contributed by atoms with E-state index >= 15 is 0 Å². The van der Waals surface area contributed by atoms with Crippen LogP contribution in [0.15, 0.2) is 12.1 Å². The van der Waals surface area contributed by atoms with Crippen molar-refractivity contribution in [3.05, 3.63) is 55.0 Å². The monoisotopic (exact) mass is 449 g/mol. The van der Waals surface area contributed by atoms with E-state index in [0.29, 0.717) is 5.02 Å². The Morgan fingerprint density at radius 1 is 0.826 bits per heavy atom. The second kappa shape index (κ2) is 12.0. The summed E-state index contributed by atoms with van der Waals surface area (Å²) in [6.07, 6.45) is 0. The van der Waals surface area contributed by atoms with Crippen molar-refractivity contribution < 1.29 is 51.6 Å². The predicted molar refractivity (Wildman–Crippen MR) is 88.9 cm³/mol. The summed E-state index contributed by atoms with van der Waals surface area (Å²) in [4.78, 5) is 0. The van der Waals surface area contributed by atoms with E-state index in [0.717, 1.165) is 0 Å². The Hall–Kier alpha value is 0.534. The maximum atomic E-state index is 9.01. The first-order valence-corrected chi connectivity index (χ1v) is 7.33. The molecule has 2 aromatic rings. The van der Waals surface area contributed by atoms with Crippen LogP contribution in [0.1, 0.15) is 27.8 Å². The van der Waals surface area contributed by atoms with Gasteiger partial charge in [-0.2, -0.15) is 27.8 Å². The summed E-state index contributed by atoms with van der Waals surface area (Å²) < 4.78 is 0. The van der Waals surface area contributed by atoms with Gasteiger partial charge in [0, 0.05) is 5.02 Å². The second-order valence-electron chi connectivity index (χ2n) is 4.84. The summed E-state index contributed by atoms with van der Waals surface area (Å²) in [5.74, 6) is -0.132. The summed E-state index contributed by atoms with van der Waals surface area (Å²) in [5.41, 5.74) is 7.34. The molecule has 1 radical (unpaired) electrons. The Bertz CT molecular complexity index is 535. The van der Waals surface area contributed by atoms with Crippen LogP contribution in [-0.4, -0.2) is 5.11 Å². The summed E-state index contributed by atoms with van der Waals surface area (Å²) >= 11 is 16.5. The fourth-order valence-electron chi connectivity index (χ4n) is 1.94. The van der Waals surface area contributed by atoms with E-state index in [1.165, 1.54) is 39.9 Å². The summed E-state index contributed by atoms with van der Waals surface area (Å²) in [5, 5.41) is 9.75. The van der Waals surface area contributed by atoms with E-state index in [9.17, 15) is 0 Å². The van der Waals surface area contributed by atoms with Crippen LogP contribution in [0.4, 0.5) is 0 Å². The number of aromatic hydroxyl groups is 1. The van der Waals surface area contributed by atoms with Crippen LogP contribution in [0.3, 0.4) is 0 Å². The van der Waals surface area contributed by atoms with Gasteiger partial charge in [0.05, 0.1) is 10.0 Å². The van der Waals surface area contributed by atoms with Gasteiger partial charge in [0.15, 0.2) is 5.75 Å². The minimum absolute atomic E-state index is 0. The Balaban J connectivity index is -0.000000308. The van der Waals surface area contributed by atoms with Crippen molar-refractivity contribution in [1.29, 1.82) is 0 Å². The molecule has 2 rings (SSSR count). The van der Waals surface area contributed by atoms with Crippen LogP contribution < -0.4 is 24.8 Å². The Kier molecular flexibility index (Phi) is 14.8. The molecule has 1 N–H and O–H groups in total. The molecule has 7 heteroatoms. The average Bonchev–Trinajstić information content (AvgIpc) is 2.55. The second-order valence-corrected chi connectivity index (χ2v) is 6.09. The average molecular weight is 451 g/mol. The summed E-state index contributed by atoms with van der Waals surface area (Å²) in [6, 6.07) is 2.84. The third kappa shape index (κ3) is 7.12. The zero-order valence-electron chi connectivity index (χ0n) is 13.5. The molecule has 23 heavy (non-hydrogen) atoms. The first-order chi connectivity index (χ1) is 9.16. The van der Waals surface area contributed by atoms with Gasteiger partial charge in [0.2, 0.25) is 0 Å². The zero-order valence-corrected chi connectivity index (χ0v) is 18.8. The number of benzene rings is 1. The molecular formula is C16H18Cl5OTi. The zero-order chi connectivity index (χ0) is 15.6. The quantitative estimate of drug-likeness (QED) is 0.452. The van der Waals surface area contributed by atoms with Crippen LogP contribution >= 0.6 is 34.8 Å². The van der Waals surface area contributed by atoms with E-state index in [1.54, 1.807) is 0 Å². The van der Waals surface area contributed by atoms with Gasteiger partial charge >= 0.3 is 21.7 Å². The van der Waals surface area contributed by atoms with Crippen molar-refractivity contribution in [2.45, 2.75) is 34.6 Å². The number of rotatable bonds is 0. The first-order valence-electron chi connectivity index (χ1n) is 6.20. The van der Waals surface area contributed by atoms with Crippen LogP contribution in [0.5, 0.6) is 5.75 Å². The van der Waals surface area contributed by atoms with Crippen molar-refractivity contribution in [1.82, 2.24) is 0 Å². The Morgan fingerprint density at radius 3 is 1.35 bits per heavy atom. The Morgan fingerprint density at radius 2 is 1.13 bits per heavy atom. The molecule has 0 aliphatic rings. The van der Waals surface area contributed by atoms with Crippen LogP contribution in [-0.2, 0) is 21.7 Å². The molecule has 0 aliphatic heterocycles. The normalized spacial score (nSPS) is 8.87. The molecule has 0 saturated carbocycles. The molecule has 2 aromatic carbocycles. The standard InChI is InChI=1S/C10H15.C6H3Cl3O.2ClH.Ti/c1-6-7(2)9(4)10(5)8(6)3;7-3-1-4(8)6(10)5(9)2-3;;;/h1-5H3;1-2,10H;2*1H;/q-1;;;;+3/p-2. The van der Waals surface area contributed by atoms with Crippen molar-refractivity contribution in [2.75, 3.05) is 0 Å². The van der Waals surface area contributed by atoms with Gasteiger partial charge in [-0.15, -0.1) is 0 Å². The number of phenolic OH excluding ortho intramolecular Hbond substituents is 1. The van der Waals surface area contributed by atoms with E-state index in [4.69, 9.17) is 39.9 Å². The molecule has 127 valence electrons. The van der Waals surface area contributed by atoms with Gasteiger partial charge in [-0.05, 0) is 12.1 Å². The minimum atomic E-state index is -0.132. The molecule has 0 atom stereocenters. The minimum Gasteiger partial charge on any atom is -1.00 e. The third-order valence-corrected chi connectivity index (χ3v) is 4.59. The molecular weight excluding hydrogens is 433 g/mol. The molecule has 0 fully saturated rings. The number of phenols is 1. The van der Waals surface area contributed by atoms with Crippen LogP contribution in [0.25, 0.3) is 0 Å². The number of halogens is 5. The predicted octanol–water partition coefficient (Wildman–Crippen LogP) is 0.306. The van der Waals surface area contributed by atoms with Gasteiger partial charge in [-0.3, -0.25) is 0 Å². The van der Waals surface area contributed by atoms with Gasteiger partial charge in [-0.25, -0.2) is 0 Å². The molecule has 0 bridgehead atoms. The van der Waals surface area contributed by atoms with Crippen LogP contribution in [0.2, 0.25) is 15.1 Å². The molecule has 0 unspecified atom stereocenters. The fourth-order valence-corrected chi connectivity index (χ4v) is 2.76. The van der Waals surface area contributed by atoms with Crippen molar-refractivity contribution in [3.63, 3.8) is 0 Å². The Labute approximate surface area is 180 Å². The fraction of sp³-hybridized carbons (Fsp3) is 0.312. The number of hydrogen-bond donors (Lipinski definition) is 1. The van der Waals surface area contributed by atoms with Gasteiger partial charge < -0.3 is 29.9 Å². The van der Waals surface area contributed by atoms with Crippen LogP contribution in [0, 0.1) is 34.6 Å². The number of hydrogen-bond acceptors (Lipinski definition) is 1. The van der Waals surface area contributed by atoms with Gasteiger partial charge in [-0.1, -0.05) is 69.4 Å². The van der Waals surface area contributed by atoms with E-state index in [2.05, 4.69) is 34.6 Å². The molecule has 0 spiro atoms. The molecule has 1 nitrogen and oxygen atoms in total. The third-order valence-electron chi connectivity index (χ3n) is 3.79.